The van der Waals surface area contributed by atoms with Crippen LogP contribution in [0.2, 0.25) is 0 Å². The Bertz CT molecular complexity index is 1320. The van der Waals surface area contributed by atoms with Crippen molar-refractivity contribution >= 4 is 28.8 Å². The Kier molecular flexibility index (Phi) is 6.45. The number of ether oxygens (including phenoxy) is 1. The van der Waals surface area contributed by atoms with Gasteiger partial charge in [0.1, 0.15) is 11.4 Å². The summed E-state index contributed by atoms with van der Waals surface area (Å²) in [6.45, 7) is 6.16. The first kappa shape index (κ1) is 23.2. The van der Waals surface area contributed by atoms with Gasteiger partial charge in [0.15, 0.2) is 11.6 Å². The lowest BCUT2D eigenvalue weighted by Crippen LogP contribution is -2.32. The molecule has 34 heavy (non-hydrogen) atoms. The minimum Gasteiger partial charge on any atom is -0.491 e. The minimum absolute atomic E-state index is 0.0201. The van der Waals surface area contributed by atoms with Crippen molar-refractivity contribution in [3.63, 3.8) is 0 Å². The zero-order valence-electron chi connectivity index (χ0n) is 19.1. The number of carbonyl (C=O) groups excluding carboxylic acids is 2. The molecule has 0 unspecified atom stereocenters. The smallest absolute Gasteiger partial charge is 0.282 e. The van der Waals surface area contributed by atoms with Gasteiger partial charge in [-0.15, -0.1) is 0 Å². The lowest BCUT2D eigenvalue weighted by atomic mass is 9.97. The Hall–Kier alpha value is -4.00. The van der Waals surface area contributed by atoms with Crippen LogP contribution >= 0.6 is 0 Å². The van der Waals surface area contributed by atoms with Crippen LogP contribution in [0.1, 0.15) is 30.0 Å². The number of benzene rings is 3. The van der Waals surface area contributed by atoms with E-state index >= 15 is 0 Å². The molecule has 0 aromatic heterocycles. The number of hydrogen-bond acceptors (Lipinski definition) is 4. The molecule has 0 radical (unpaired) electrons. The van der Waals surface area contributed by atoms with Gasteiger partial charge in [-0.3, -0.25) is 9.59 Å². The Labute approximate surface area is 196 Å². The molecule has 1 heterocycles. The van der Waals surface area contributed by atoms with Crippen LogP contribution in [-0.4, -0.2) is 18.4 Å². The van der Waals surface area contributed by atoms with Gasteiger partial charge in [-0.05, 0) is 55.7 Å². The molecule has 0 bridgehead atoms. The molecule has 174 valence electrons. The quantitative estimate of drug-likeness (QED) is 0.453. The fourth-order valence-corrected chi connectivity index (χ4v) is 3.90. The van der Waals surface area contributed by atoms with Crippen LogP contribution in [0.4, 0.5) is 20.2 Å². The Morgan fingerprint density at radius 1 is 0.912 bits per heavy atom. The average Bonchev–Trinajstić information content (AvgIpc) is 3.04. The number of aryl methyl sites for hydroxylation is 2. The molecule has 2 amide bonds. The van der Waals surface area contributed by atoms with Gasteiger partial charge in [0, 0.05) is 11.8 Å². The van der Waals surface area contributed by atoms with Gasteiger partial charge in [0.2, 0.25) is 0 Å². The maximum Gasteiger partial charge on any atom is 0.282 e. The summed E-state index contributed by atoms with van der Waals surface area (Å²) in [5.74, 6) is -2.82. The van der Waals surface area contributed by atoms with E-state index in [1.54, 1.807) is 30.3 Å². The van der Waals surface area contributed by atoms with Gasteiger partial charge in [0.25, 0.3) is 11.8 Å². The topological polar surface area (TPSA) is 58.6 Å². The molecule has 1 aliphatic rings. The number of carbonyl (C=O) groups is 2. The van der Waals surface area contributed by atoms with Crippen LogP contribution in [-0.2, 0) is 9.59 Å². The normalized spacial score (nSPS) is 13.6. The SMILES string of the molecule is CCCOc1ccccc1N1C(=O)C(Nc2ccc(F)c(F)c2)=C(c2ccc(C)cc2C)C1=O. The number of para-hydroxylation sites is 2. The number of anilines is 2. The molecule has 5 nitrogen and oxygen atoms in total. The van der Waals surface area contributed by atoms with Gasteiger partial charge in [-0.2, -0.15) is 0 Å². The molecule has 3 aromatic carbocycles. The Balaban J connectivity index is 1.85. The largest absolute Gasteiger partial charge is 0.491 e. The summed E-state index contributed by atoms with van der Waals surface area (Å²) in [7, 11) is 0. The second-order valence-electron chi connectivity index (χ2n) is 8.08. The van der Waals surface area contributed by atoms with E-state index in [1.807, 2.05) is 32.9 Å². The minimum atomic E-state index is -1.06. The lowest BCUT2D eigenvalue weighted by Gasteiger charge is -2.19. The summed E-state index contributed by atoms with van der Waals surface area (Å²) in [5, 5.41) is 2.86. The maximum absolute atomic E-state index is 13.9. The molecule has 0 spiro atoms. The van der Waals surface area contributed by atoms with Gasteiger partial charge >= 0.3 is 0 Å². The fraction of sp³-hybridized carbons (Fsp3) is 0.185. The number of amides is 2. The summed E-state index contributed by atoms with van der Waals surface area (Å²) < 4.78 is 33.1. The molecular weight excluding hydrogens is 438 g/mol. The van der Waals surface area contributed by atoms with E-state index in [0.29, 0.717) is 23.6 Å². The molecule has 4 rings (SSSR count). The van der Waals surface area contributed by atoms with Crippen molar-refractivity contribution in [1.82, 2.24) is 0 Å². The van der Waals surface area contributed by atoms with E-state index in [0.717, 1.165) is 34.6 Å². The number of rotatable bonds is 7. The van der Waals surface area contributed by atoms with E-state index in [9.17, 15) is 18.4 Å². The average molecular weight is 462 g/mol. The summed E-state index contributed by atoms with van der Waals surface area (Å²) in [4.78, 5) is 28.4. The third kappa shape index (κ3) is 4.29. The van der Waals surface area contributed by atoms with E-state index in [-0.39, 0.29) is 17.0 Å². The van der Waals surface area contributed by atoms with Crippen molar-refractivity contribution in [3.8, 4) is 5.75 Å². The van der Waals surface area contributed by atoms with Crippen LogP contribution in [0.3, 0.4) is 0 Å². The van der Waals surface area contributed by atoms with Crippen LogP contribution in [0.5, 0.6) is 5.75 Å². The van der Waals surface area contributed by atoms with Crippen LogP contribution in [0.15, 0.2) is 66.4 Å². The van der Waals surface area contributed by atoms with Crippen molar-refractivity contribution < 1.29 is 23.1 Å². The number of imide groups is 1. The summed E-state index contributed by atoms with van der Waals surface area (Å²) in [6.07, 6.45) is 0.755. The standard InChI is InChI=1S/C27H24F2N2O3/c1-4-13-34-23-8-6-5-7-22(23)31-26(32)24(19-11-9-16(2)14-17(19)3)25(27(31)33)30-18-10-12-20(28)21(29)15-18/h5-12,14-15,30H,4,13H2,1-3H3. The summed E-state index contributed by atoms with van der Waals surface area (Å²) in [6, 6.07) is 15.6. The van der Waals surface area contributed by atoms with Crippen molar-refractivity contribution in [1.29, 1.82) is 0 Å². The zero-order valence-corrected chi connectivity index (χ0v) is 19.1. The molecule has 1 N–H and O–H groups in total. The van der Waals surface area contributed by atoms with Crippen molar-refractivity contribution in [2.75, 3.05) is 16.8 Å². The molecule has 0 fully saturated rings. The predicted octanol–water partition coefficient (Wildman–Crippen LogP) is 5.77. The molecule has 0 aliphatic carbocycles. The first-order valence-electron chi connectivity index (χ1n) is 11.0. The highest BCUT2D eigenvalue weighted by Crippen LogP contribution is 2.38. The van der Waals surface area contributed by atoms with Crippen LogP contribution in [0.25, 0.3) is 5.57 Å². The Morgan fingerprint density at radius 2 is 1.68 bits per heavy atom. The molecular formula is C27H24F2N2O3. The molecule has 0 saturated heterocycles. The van der Waals surface area contributed by atoms with Crippen LogP contribution in [0, 0.1) is 25.5 Å². The van der Waals surface area contributed by atoms with Gasteiger partial charge in [-0.1, -0.05) is 42.8 Å². The van der Waals surface area contributed by atoms with E-state index in [4.69, 9.17) is 4.74 Å². The highest BCUT2D eigenvalue weighted by atomic mass is 19.2. The second kappa shape index (κ2) is 9.47. The monoisotopic (exact) mass is 462 g/mol. The fourth-order valence-electron chi connectivity index (χ4n) is 3.90. The third-order valence-corrected chi connectivity index (χ3v) is 5.49. The molecule has 7 heteroatoms. The maximum atomic E-state index is 13.9. The van der Waals surface area contributed by atoms with E-state index < -0.39 is 23.4 Å². The van der Waals surface area contributed by atoms with E-state index in [2.05, 4.69) is 5.32 Å². The molecule has 3 aromatic rings. The molecule has 1 aliphatic heterocycles. The van der Waals surface area contributed by atoms with Crippen molar-refractivity contribution in [3.05, 3.63) is 94.7 Å². The number of nitrogens with zero attached hydrogens (tertiary/aromatic N) is 1. The summed E-state index contributed by atoms with van der Waals surface area (Å²) >= 11 is 0. The van der Waals surface area contributed by atoms with Crippen LogP contribution < -0.4 is 15.0 Å². The predicted molar refractivity (Wildman–Crippen MR) is 128 cm³/mol. The van der Waals surface area contributed by atoms with Gasteiger partial charge in [0.05, 0.1) is 17.9 Å². The lowest BCUT2D eigenvalue weighted by molar-refractivity contribution is -0.120. The van der Waals surface area contributed by atoms with Gasteiger partial charge in [-0.25, -0.2) is 13.7 Å². The molecule has 0 saturated carbocycles. The third-order valence-electron chi connectivity index (χ3n) is 5.49. The number of nitrogens with one attached hydrogen (secondary N) is 1. The first-order valence-corrected chi connectivity index (χ1v) is 11.0. The Morgan fingerprint density at radius 3 is 2.38 bits per heavy atom. The van der Waals surface area contributed by atoms with Crippen molar-refractivity contribution in [2.45, 2.75) is 27.2 Å². The first-order chi connectivity index (χ1) is 16.3. The summed E-state index contributed by atoms with van der Waals surface area (Å²) in [5.41, 5.74) is 2.97. The second-order valence-corrected chi connectivity index (χ2v) is 8.08. The zero-order chi connectivity index (χ0) is 24.4. The van der Waals surface area contributed by atoms with E-state index in [1.165, 1.54) is 6.07 Å². The highest BCUT2D eigenvalue weighted by molar-refractivity contribution is 6.46. The van der Waals surface area contributed by atoms with Gasteiger partial charge < -0.3 is 10.1 Å². The molecule has 0 atom stereocenters. The number of halogens is 2. The number of hydrogen-bond donors (Lipinski definition) is 1. The highest BCUT2D eigenvalue weighted by Gasteiger charge is 2.42. The van der Waals surface area contributed by atoms with Crippen molar-refractivity contribution in [2.24, 2.45) is 0 Å².